The minimum atomic E-state index is -0.723. The topological polar surface area (TPSA) is 71.4 Å². The molecule has 1 saturated carbocycles. The summed E-state index contributed by atoms with van der Waals surface area (Å²) in [5.41, 5.74) is 1.40. The first kappa shape index (κ1) is 20.7. The first-order chi connectivity index (χ1) is 15.1. The standard InChI is InChI=1S/C24H32FN5O/c25-22-13-20(30-10-2-9-29-8-1-3-21(29)15-30)7-5-16(22)11-19(14-26)28-24(31)23-17-4-6-18(12-17)27-23/h5,7,13,17-19,21,23,27H,1-4,6,8-12,15H2,(H,28,31)/t17?,18?,19-,21?,23?/m0/s1. The molecule has 3 aliphatic heterocycles. The highest BCUT2D eigenvalue weighted by Gasteiger charge is 2.43. The van der Waals surface area contributed by atoms with Crippen LogP contribution in [0.25, 0.3) is 0 Å². The maximum Gasteiger partial charge on any atom is 0.238 e. The Morgan fingerprint density at radius 2 is 2.13 bits per heavy atom. The van der Waals surface area contributed by atoms with E-state index < -0.39 is 6.04 Å². The molecule has 1 aromatic rings. The molecule has 0 radical (unpaired) electrons. The third-order valence-electron chi connectivity index (χ3n) is 7.74. The van der Waals surface area contributed by atoms with Crippen molar-refractivity contribution in [2.45, 2.75) is 69.1 Å². The van der Waals surface area contributed by atoms with Gasteiger partial charge in [-0.3, -0.25) is 9.69 Å². The molecule has 2 bridgehead atoms. The zero-order chi connectivity index (χ0) is 21.4. The molecule has 3 saturated heterocycles. The van der Waals surface area contributed by atoms with Crippen LogP contribution in [0, 0.1) is 23.1 Å². The Kier molecular flexibility index (Phi) is 5.85. The quantitative estimate of drug-likeness (QED) is 0.757. The molecule has 6 nitrogen and oxygen atoms in total. The first-order valence-corrected chi connectivity index (χ1v) is 11.8. The molecule has 1 aliphatic carbocycles. The van der Waals surface area contributed by atoms with Crippen molar-refractivity contribution in [3.8, 4) is 6.07 Å². The molecule has 3 heterocycles. The predicted octanol–water partition coefficient (Wildman–Crippen LogP) is 2.19. The van der Waals surface area contributed by atoms with E-state index >= 15 is 0 Å². The zero-order valence-corrected chi connectivity index (χ0v) is 18.0. The van der Waals surface area contributed by atoms with E-state index in [1.54, 1.807) is 12.1 Å². The van der Waals surface area contributed by atoms with Crippen molar-refractivity contribution in [2.24, 2.45) is 5.92 Å². The monoisotopic (exact) mass is 425 g/mol. The number of carbonyl (C=O) groups is 1. The summed E-state index contributed by atoms with van der Waals surface area (Å²) in [6, 6.07) is 7.58. The molecule has 31 heavy (non-hydrogen) atoms. The predicted molar refractivity (Wildman–Crippen MR) is 117 cm³/mol. The summed E-state index contributed by atoms with van der Waals surface area (Å²) < 4.78 is 15.0. The van der Waals surface area contributed by atoms with Gasteiger partial charge in [-0.1, -0.05) is 6.07 Å². The maximum atomic E-state index is 15.0. The Morgan fingerprint density at radius 1 is 1.26 bits per heavy atom. The van der Waals surface area contributed by atoms with Crippen LogP contribution >= 0.6 is 0 Å². The van der Waals surface area contributed by atoms with Crippen LogP contribution in [0.1, 0.15) is 44.1 Å². The Balaban J connectivity index is 1.22. The number of carbonyl (C=O) groups excluding carboxylic acids is 1. The van der Waals surface area contributed by atoms with Crippen LogP contribution in [0.4, 0.5) is 10.1 Å². The van der Waals surface area contributed by atoms with Gasteiger partial charge >= 0.3 is 0 Å². The van der Waals surface area contributed by atoms with Crippen molar-refractivity contribution in [2.75, 3.05) is 31.1 Å². The Bertz CT molecular complexity index is 870. The average Bonchev–Trinajstić information content (AvgIpc) is 3.49. The van der Waals surface area contributed by atoms with Gasteiger partial charge in [-0.15, -0.1) is 0 Å². The van der Waals surface area contributed by atoms with Gasteiger partial charge in [-0.2, -0.15) is 5.26 Å². The van der Waals surface area contributed by atoms with Crippen LogP contribution < -0.4 is 15.5 Å². The average molecular weight is 426 g/mol. The van der Waals surface area contributed by atoms with E-state index in [0.717, 1.165) is 51.0 Å². The second kappa shape index (κ2) is 8.76. The third kappa shape index (κ3) is 4.28. The molecule has 2 N–H and O–H groups in total. The summed E-state index contributed by atoms with van der Waals surface area (Å²) in [7, 11) is 0. The van der Waals surface area contributed by atoms with Crippen LogP contribution in [0.2, 0.25) is 0 Å². The van der Waals surface area contributed by atoms with E-state index in [0.29, 0.717) is 23.6 Å². The summed E-state index contributed by atoms with van der Waals surface area (Å²) in [5, 5.41) is 15.7. The summed E-state index contributed by atoms with van der Waals surface area (Å²) in [5.74, 6) is -0.0520. The van der Waals surface area contributed by atoms with Crippen LogP contribution in [0.15, 0.2) is 18.2 Å². The van der Waals surface area contributed by atoms with Gasteiger partial charge in [0.2, 0.25) is 5.91 Å². The zero-order valence-electron chi connectivity index (χ0n) is 18.0. The molecule has 0 spiro atoms. The largest absolute Gasteiger partial charge is 0.370 e. The smallest absolute Gasteiger partial charge is 0.238 e. The minimum absolute atomic E-state index is 0.124. The van der Waals surface area contributed by atoms with Gasteiger partial charge in [0.25, 0.3) is 0 Å². The lowest BCUT2D eigenvalue weighted by Gasteiger charge is -2.27. The number of nitrogens with zero attached hydrogens (tertiary/aromatic N) is 3. The number of hydrogen-bond donors (Lipinski definition) is 2. The molecule has 1 amide bonds. The van der Waals surface area contributed by atoms with Gasteiger partial charge in [-0.05, 0) is 68.7 Å². The van der Waals surface area contributed by atoms with E-state index in [1.165, 1.54) is 19.4 Å². The number of anilines is 1. The fourth-order valence-corrected chi connectivity index (χ4v) is 6.10. The van der Waals surface area contributed by atoms with E-state index in [4.69, 9.17) is 0 Å². The molecule has 4 unspecified atom stereocenters. The molecular weight excluding hydrogens is 393 g/mol. The number of halogens is 1. The number of fused-ring (bicyclic) bond motifs is 3. The second-order valence-corrected chi connectivity index (χ2v) is 9.72. The van der Waals surface area contributed by atoms with Crippen molar-refractivity contribution >= 4 is 11.6 Å². The number of nitrogens with one attached hydrogen (secondary N) is 2. The highest BCUT2D eigenvalue weighted by molar-refractivity contribution is 5.83. The van der Waals surface area contributed by atoms with Crippen molar-refractivity contribution < 1.29 is 9.18 Å². The molecule has 5 rings (SSSR count). The Hall–Kier alpha value is -2.17. The van der Waals surface area contributed by atoms with Gasteiger partial charge in [-0.25, -0.2) is 4.39 Å². The number of rotatable bonds is 5. The van der Waals surface area contributed by atoms with Gasteiger partial charge in [0.05, 0.1) is 12.1 Å². The summed E-state index contributed by atoms with van der Waals surface area (Å²) in [6.45, 7) is 4.21. The Labute approximate surface area is 183 Å². The molecule has 0 aromatic heterocycles. The van der Waals surface area contributed by atoms with E-state index in [1.807, 2.05) is 6.07 Å². The maximum absolute atomic E-state index is 15.0. The summed E-state index contributed by atoms with van der Waals surface area (Å²) in [6.07, 6.45) is 7.00. The van der Waals surface area contributed by atoms with Crippen molar-refractivity contribution in [3.05, 3.63) is 29.6 Å². The normalized spacial score (nSPS) is 31.2. The fourth-order valence-electron chi connectivity index (χ4n) is 6.10. The van der Waals surface area contributed by atoms with Gasteiger partial charge in [0.1, 0.15) is 11.9 Å². The van der Waals surface area contributed by atoms with E-state index in [-0.39, 0.29) is 24.2 Å². The Morgan fingerprint density at radius 3 is 2.87 bits per heavy atom. The number of hydrogen-bond acceptors (Lipinski definition) is 5. The molecule has 4 aliphatic rings. The highest BCUT2D eigenvalue weighted by atomic mass is 19.1. The SMILES string of the molecule is N#C[C@H](Cc1ccc(N2CCCN3CCCC3C2)cc1F)NC(=O)C1NC2CCC1C2. The lowest BCUT2D eigenvalue weighted by atomic mass is 9.98. The van der Waals surface area contributed by atoms with Crippen LogP contribution in [0.5, 0.6) is 0 Å². The molecule has 5 atom stereocenters. The number of nitriles is 1. The second-order valence-electron chi connectivity index (χ2n) is 9.72. The lowest BCUT2D eigenvalue weighted by Crippen LogP contribution is -2.50. The van der Waals surface area contributed by atoms with Crippen LogP contribution in [-0.4, -0.2) is 61.2 Å². The van der Waals surface area contributed by atoms with Crippen molar-refractivity contribution in [3.63, 3.8) is 0 Å². The summed E-state index contributed by atoms with van der Waals surface area (Å²) >= 11 is 0. The first-order valence-electron chi connectivity index (χ1n) is 11.8. The van der Waals surface area contributed by atoms with Crippen LogP contribution in [0.3, 0.4) is 0 Å². The molecule has 4 fully saturated rings. The third-order valence-corrected chi connectivity index (χ3v) is 7.74. The number of piperidine rings is 1. The van der Waals surface area contributed by atoms with Crippen molar-refractivity contribution in [1.82, 2.24) is 15.5 Å². The molecule has 166 valence electrons. The van der Waals surface area contributed by atoms with Gasteiger partial charge < -0.3 is 15.5 Å². The van der Waals surface area contributed by atoms with E-state index in [9.17, 15) is 14.4 Å². The van der Waals surface area contributed by atoms with E-state index in [2.05, 4.69) is 26.5 Å². The summed E-state index contributed by atoms with van der Waals surface area (Å²) in [4.78, 5) is 17.5. The fraction of sp³-hybridized carbons (Fsp3) is 0.667. The van der Waals surface area contributed by atoms with Gasteiger partial charge in [0.15, 0.2) is 0 Å². The molecule has 7 heteroatoms. The minimum Gasteiger partial charge on any atom is -0.370 e. The lowest BCUT2D eigenvalue weighted by molar-refractivity contribution is -0.124. The number of benzene rings is 1. The molecule has 1 aromatic carbocycles. The van der Waals surface area contributed by atoms with Crippen LogP contribution in [-0.2, 0) is 11.2 Å². The number of amides is 1. The highest BCUT2D eigenvalue weighted by Crippen LogP contribution is 2.35. The molecular formula is C24H32FN5O. The van der Waals surface area contributed by atoms with Crippen molar-refractivity contribution in [1.29, 1.82) is 5.26 Å². The van der Waals surface area contributed by atoms with Gasteiger partial charge in [0, 0.05) is 43.8 Å².